The summed E-state index contributed by atoms with van der Waals surface area (Å²) >= 11 is 10.6. The topological polar surface area (TPSA) is 98.1 Å². The number of carbonyl (C=O) groups is 2. The first kappa shape index (κ1) is 24.1. The summed E-state index contributed by atoms with van der Waals surface area (Å²) in [7, 11) is 1.55. The molecule has 0 aliphatic rings. The summed E-state index contributed by atoms with van der Waals surface area (Å²) in [5, 5.41) is 15.0. The quantitative estimate of drug-likeness (QED) is 0.385. The lowest BCUT2D eigenvalue weighted by Crippen LogP contribution is -2.18. The SMILES string of the molecule is CCn1c(CC(=O)Nc2ccccc2OC)nnc1SCC(=O)Nc1ccc(Br)c(Cl)c1. The fourth-order valence-electron chi connectivity index (χ4n) is 2.86. The minimum atomic E-state index is -0.238. The van der Waals surface area contributed by atoms with Gasteiger partial charge < -0.3 is 19.9 Å². The number of amides is 2. The lowest BCUT2D eigenvalue weighted by atomic mass is 10.2. The second kappa shape index (κ2) is 11.3. The molecule has 2 amide bonds. The van der Waals surface area contributed by atoms with Gasteiger partial charge in [0.2, 0.25) is 11.8 Å². The average Bonchev–Trinajstić information content (AvgIpc) is 3.16. The van der Waals surface area contributed by atoms with E-state index in [-0.39, 0.29) is 24.0 Å². The third kappa shape index (κ3) is 6.24. The number of hydrogen-bond acceptors (Lipinski definition) is 6. The summed E-state index contributed by atoms with van der Waals surface area (Å²) in [6.45, 7) is 2.50. The molecular weight excluding hydrogens is 518 g/mol. The van der Waals surface area contributed by atoms with E-state index < -0.39 is 0 Å². The van der Waals surface area contributed by atoms with Crippen LogP contribution in [0.2, 0.25) is 5.02 Å². The fraction of sp³-hybridized carbons (Fsp3) is 0.238. The van der Waals surface area contributed by atoms with E-state index in [1.807, 2.05) is 23.6 Å². The van der Waals surface area contributed by atoms with Crippen molar-refractivity contribution in [2.75, 3.05) is 23.5 Å². The van der Waals surface area contributed by atoms with Gasteiger partial charge in [-0.3, -0.25) is 9.59 Å². The number of aromatic nitrogens is 3. The van der Waals surface area contributed by atoms with Gasteiger partial charge in [0.05, 0.1) is 30.0 Å². The molecule has 0 aliphatic heterocycles. The number of nitrogens with one attached hydrogen (secondary N) is 2. The summed E-state index contributed by atoms with van der Waals surface area (Å²) in [4.78, 5) is 24.8. The molecule has 0 aliphatic carbocycles. The Morgan fingerprint density at radius 1 is 1.16 bits per heavy atom. The molecule has 3 rings (SSSR count). The van der Waals surface area contributed by atoms with Crippen LogP contribution in [0.15, 0.2) is 52.1 Å². The number of hydrogen-bond donors (Lipinski definition) is 2. The zero-order valence-corrected chi connectivity index (χ0v) is 20.6. The van der Waals surface area contributed by atoms with Crippen molar-refractivity contribution in [3.8, 4) is 5.75 Å². The maximum absolute atomic E-state index is 12.5. The van der Waals surface area contributed by atoms with Crippen LogP contribution in [-0.4, -0.2) is 39.4 Å². The third-order valence-corrected chi connectivity index (χ3v) is 6.54. The van der Waals surface area contributed by atoms with Crippen molar-refractivity contribution in [1.29, 1.82) is 0 Å². The van der Waals surface area contributed by atoms with Crippen LogP contribution in [0.3, 0.4) is 0 Å². The van der Waals surface area contributed by atoms with Crippen LogP contribution < -0.4 is 15.4 Å². The zero-order valence-electron chi connectivity index (χ0n) is 17.4. The minimum absolute atomic E-state index is 0.0447. The number of nitrogens with zero attached hydrogens (tertiary/aromatic N) is 3. The summed E-state index contributed by atoms with van der Waals surface area (Å²) in [6.07, 6.45) is 0.0447. The minimum Gasteiger partial charge on any atom is -0.495 e. The molecule has 1 aromatic heterocycles. The highest BCUT2D eigenvalue weighted by Gasteiger charge is 2.17. The number of halogens is 2. The molecule has 0 unspecified atom stereocenters. The van der Waals surface area contributed by atoms with Gasteiger partial charge >= 0.3 is 0 Å². The van der Waals surface area contributed by atoms with Gasteiger partial charge in [-0.25, -0.2) is 0 Å². The first-order valence-corrected chi connectivity index (χ1v) is 11.8. The Bertz CT molecular complexity index is 1120. The summed E-state index contributed by atoms with van der Waals surface area (Å²) in [5.41, 5.74) is 1.19. The van der Waals surface area contributed by atoms with Crippen LogP contribution in [0.1, 0.15) is 12.7 Å². The number of rotatable bonds is 9. The highest BCUT2D eigenvalue weighted by molar-refractivity contribution is 9.10. The normalized spacial score (nSPS) is 10.6. The van der Waals surface area contributed by atoms with Gasteiger partial charge in [0.15, 0.2) is 5.16 Å². The van der Waals surface area contributed by atoms with Crippen molar-refractivity contribution < 1.29 is 14.3 Å². The van der Waals surface area contributed by atoms with Crippen LogP contribution >= 0.6 is 39.3 Å². The van der Waals surface area contributed by atoms with Gasteiger partial charge in [-0.1, -0.05) is 35.5 Å². The molecule has 3 aromatic rings. The van der Waals surface area contributed by atoms with E-state index in [9.17, 15) is 9.59 Å². The number of benzene rings is 2. The molecule has 0 saturated heterocycles. The molecule has 0 bridgehead atoms. The Kier molecular flexibility index (Phi) is 8.54. The first-order chi connectivity index (χ1) is 15.4. The molecule has 2 aromatic carbocycles. The number of anilines is 2. The molecule has 1 heterocycles. The molecule has 32 heavy (non-hydrogen) atoms. The Morgan fingerprint density at radius 3 is 2.66 bits per heavy atom. The van der Waals surface area contributed by atoms with Crippen molar-refractivity contribution in [1.82, 2.24) is 14.8 Å². The number of ether oxygens (including phenoxy) is 1. The maximum atomic E-state index is 12.5. The first-order valence-electron chi connectivity index (χ1n) is 9.64. The van der Waals surface area contributed by atoms with E-state index in [1.165, 1.54) is 11.8 Å². The molecule has 2 N–H and O–H groups in total. The van der Waals surface area contributed by atoms with E-state index in [2.05, 4.69) is 36.8 Å². The van der Waals surface area contributed by atoms with E-state index in [4.69, 9.17) is 16.3 Å². The molecule has 0 atom stereocenters. The predicted molar refractivity (Wildman–Crippen MR) is 130 cm³/mol. The molecule has 0 radical (unpaired) electrons. The molecule has 11 heteroatoms. The number of carbonyl (C=O) groups excluding carboxylic acids is 2. The van der Waals surface area contributed by atoms with Gasteiger partial charge in [0.25, 0.3) is 0 Å². The van der Waals surface area contributed by atoms with Crippen molar-refractivity contribution in [3.05, 3.63) is 57.8 Å². The lowest BCUT2D eigenvalue weighted by Gasteiger charge is -2.10. The van der Waals surface area contributed by atoms with Crippen molar-refractivity contribution in [2.24, 2.45) is 0 Å². The Labute approximate surface area is 203 Å². The largest absolute Gasteiger partial charge is 0.495 e. The van der Waals surface area contributed by atoms with E-state index in [0.717, 1.165) is 4.47 Å². The van der Waals surface area contributed by atoms with Gasteiger partial charge in [-0.2, -0.15) is 0 Å². The monoisotopic (exact) mass is 537 g/mol. The summed E-state index contributed by atoms with van der Waals surface area (Å²) in [6, 6.07) is 12.4. The number of methoxy groups -OCH3 is 1. The standard InChI is InChI=1S/C21H21BrClN5O3S/c1-3-28-18(11-19(29)25-16-6-4-5-7-17(16)31-2)26-27-21(28)32-12-20(30)24-13-8-9-14(22)15(23)10-13/h4-10H,3,11-12H2,1-2H3,(H,24,30)(H,25,29). The van der Waals surface area contributed by atoms with Gasteiger partial charge in [-0.05, 0) is 53.2 Å². The van der Waals surface area contributed by atoms with Gasteiger partial charge in [0.1, 0.15) is 11.6 Å². The smallest absolute Gasteiger partial charge is 0.234 e. The van der Waals surface area contributed by atoms with Crippen molar-refractivity contribution in [2.45, 2.75) is 25.0 Å². The number of para-hydroxylation sites is 2. The summed E-state index contributed by atoms with van der Waals surface area (Å²) in [5.74, 6) is 0.793. The molecule has 168 valence electrons. The second-order valence-electron chi connectivity index (χ2n) is 6.53. The average molecular weight is 539 g/mol. The van der Waals surface area contributed by atoms with E-state index >= 15 is 0 Å². The molecule has 0 saturated carbocycles. The van der Waals surface area contributed by atoms with Crippen LogP contribution in [0.25, 0.3) is 0 Å². The van der Waals surface area contributed by atoms with Crippen LogP contribution in [-0.2, 0) is 22.6 Å². The molecule has 8 nitrogen and oxygen atoms in total. The van der Waals surface area contributed by atoms with Crippen molar-refractivity contribution >= 4 is 62.5 Å². The van der Waals surface area contributed by atoms with Crippen LogP contribution in [0.4, 0.5) is 11.4 Å². The van der Waals surface area contributed by atoms with Crippen LogP contribution in [0.5, 0.6) is 5.75 Å². The van der Waals surface area contributed by atoms with Crippen LogP contribution in [0, 0.1) is 0 Å². The van der Waals surface area contributed by atoms with Crippen molar-refractivity contribution in [3.63, 3.8) is 0 Å². The molecule has 0 spiro atoms. The van der Waals surface area contributed by atoms with E-state index in [0.29, 0.717) is 39.7 Å². The third-order valence-electron chi connectivity index (χ3n) is 4.35. The Balaban J connectivity index is 1.59. The van der Waals surface area contributed by atoms with Gasteiger partial charge in [-0.15, -0.1) is 10.2 Å². The fourth-order valence-corrected chi connectivity index (χ4v) is 4.11. The lowest BCUT2D eigenvalue weighted by molar-refractivity contribution is -0.116. The highest BCUT2D eigenvalue weighted by Crippen LogP contribution is 2.26. The Hall–Kier alpha value is -2.56. The predicted octanol–water partition coefficient (Wildman–Crippen LogP) is 4.63. The number of thioether (sulfide) groups is 1. The maximum Gasteiger partial charge on any atom is 0.234 e. The van der Waals surface area contributed by atoms with Gasteiger partial charge in [0, 0.05) is 16.7 Å². The highest BCUT2D eigenvalue weighted by atomic mass is 79.9. The molecular formula is C21H21BrClN5O3S. The summed E-state index contributed by atoms with van der Waals surface area (Å²) < 4.78 is 7.83. The Morgan fingerprint density at radius 2 is 1.94 bits per heavy atom. The van der Waals surface area contributed by atoms with E-state index in [1.54, 1.807) is 37.4 Å². The zero-order chi connectivity index (χ0) is 23.1. The second-order valence-corrected chi connectivity index (χ2v) is 8.74. The molecule has 0 fully saturated rings.